The lowest BCUT2D eigenvalue weighted by Crippen LogP contribution is -2.54. The first-order valence-electron chi connectivity index (χ1n) is 12.4. The van der Waals surface area contributed by atoms with Gasteiger partial charge in [0.15, 0.2) is 0 Å². The molecule has 1 fully saturated rings. The molecule has 1 aliphatic carbocycles. The van der Waals surface area contributed by atoms with Crippen LogP contribution >= 0.6 is 34.8 Å². The highest BCUT2D eigenvalue weighted by Gasteiger charge is 2.33. The molecule has 38 heavy (non-hydrogen) atoms. The Bertz CT molecular complexity index is 1270. The summed E-state index contributed by atoms with van der Waals surface area (Å²) in [6.45, 7) is 1.11. The molecular formula is C26H31Cl3FN3O4S. The number of hydrogen-bond acceptors (Lipinski definition) is 4. The molecule has 12 heteroatoms. The molecule has 208 valence electrons. The van der Waals surface area contributed by atoms with Crippen LogP contribution in [0.25, 0.3) is 0 Å². The van der Waals surface area contributed by atoms with E-state index in [0.717, 1.165) is 54.8 Å². The number of halogens is 4. The topological polar surface area (TPSA) is 86.8 Å². The van der Waals surface area contributed by atoms with Gasteiger partial charge in [0, 0.05) is 22.6 Å². The molecule has 7 nitrogen and oxygen atoms in total. The number of nitrogens with one attached hydrogen (secondary N) is 1. The van der Waals surface area contributed by atoms with Crippen molar-refractivity contribution in [3.05, 3.63) is 62.8 Å². The second-order valence-electron chi connectivity index (χ2n) is 9.39. The number of anilines is 1. The predicted molar refractivity (Wildman–Crippen MR) is 150 cm³/mol. The van der Waals surface area contributed by atoms with E-state index in [0.29, 0.717) is 15.6 Å². The van der Waals surface area contributed by atoms with Gasteiger partial charge in [0.1, 0.15) is 18.4 Å². The molecule has 0 spiro atoms. The number of hydrogen-bond donors (Lipinski definition) is 1. The van der Waals surface area contributed by atoms with Gasteiger partial charge in [-0.3, -0.25) is 13.9 Å². The minimum Gasteiger partial charge on any atom is -0.352 e. The summed E-state index contributed by atoms with van der Waals surface area (Å²) in [6.07, 6.45) is 6.13. The van der Waals surface area contributed by atoms with Gasteiger partial charge in [-0.2, -0.15) is 0 Å². The van der Waals surface area contributed by atoms with Crippen molar-refractivity contribution in [1.29, 1.82) is 0 Å². The van der Waals surface area contributed by atoms with Crippen LogP contribution in [0.5, 0.6) is 0 Å². The number of rotatable bonds is 10. The number of carbonyl (C=O) groups excluding carboxylic acids is 2. The van der Waals surface area contributed by atoms with Gasteiger partial charge < -0.3 is 10.2 Å². The van der Waals surface area contributed by atoms with Gasteiger partial charge in [0.05, 0.1) is 17.0 Å². The van der Waals surface area contributed by atoms with E-state index in [1.165, 1.54) is 17.0 Å². The Hall–Kier alpha value is -2.07. The molecule has 0 bridgehead atoms. The van der Waals surface area contributed by atoms with Gasteiger partial charge in [0.25, 0.3) is 0 Å². The van der Waals surface area contributed by atoms with Crippen molar-refractivity contribution in [3.63, 3.8) is 0 Å². The molecule has 0 aliphatic heterocycles. The Morgan fingerprint density at radius 2 is 1.74 bits per heavy atom. The number of amides is 2. The minimum atomic E-state index is -3.98. The van der Waals surface area contributed by atoms with Crippen molar-refractivity contribution in [2.24, 2.45) is 0 Å². The highest BCUT2D eigenvalue weighted by molar-refractivity contribution is 7.92. The number of carbonyl (C=O) groups is 2. The van der Waals surface area contributed by atoms with E-state index < -0.39 is 34.3 Å². The van der Waals surface area contributed by atoms with Crippen LogP contribution in [0.15, 0.2) is 36.4 Å². The molecule has 2 aromatic carbocycles. The van der Waals surface area contributed by atoms with Crippen molar-refractivity contribution < 1.29 is 22.4 Å². The first kappa shape index (κ1) is 30.5. The first-order chi connectivity index (χ1) is 17.9. The fourth-order valence-electron chi connectivity index (χ4n) is 4.55. The summed E-state index contributed by atoms with van der Waals surface area (Å²) in [4.78, 5) is 28.5. The maximum Gasteiger partial charge on any atom is 0.244 e. The maximum absolute atomic E-state index is 13.8. The minimum absolute atomic E-state index is 0.0234. The van der Waals surface area contributed by atoms with Gasteiger partial charge in [-0.05, 0) is 55.2 Å². The lowest BCUT2D eigenvalue weighted by Gasteiger charge is -2.34. The van der Waals surface area contributed by atoms with Crippen molar-refractivity contribution in [2.75, 3.05) is 17.1 Å². The molecule has 2 aromatic rings. The lowest BCUT2D eigenvalue weighted by atomic mass is 9.95. The highest BCUT2D eigenvalue weighted by atomic mass is 35.5. The van der Waals surface area contributed by atoms with Gasteiger partial charge in [0.2, 0.25) is 21.8 Å². The average Bonchev–Trinajstić information content (AvgIpc) is 2.85. The summed E-state index contributed by atoms with van der Waals surface area (Å²) in [7, 11) is -3.98. The average molecular weight is 607 g/mol. The van der Waals surface area contributed by atoms with Crippen LogP contribution in [0.2, 0.25) is 15.1 Å². The second kappa shape index (κ2) is 13.3. The Morgan fingerprint density at radius 3 is 2.32 bits per heavy atom. The third kappa shape index (κ3) is 7.97. The number of benzene rings is 2. The maximum atomic E-state index is 13.8. The molecule has 0 aromatic heterocycles. The van der Waals surface area contributed by atoms with Crippen molar-refractivity contribution in [3.8, 4) is 0 Å². The van der Waals surface area contributed by atoms with Crippen molar-refractivity contribution in [2.45, 2.75) is 64.1 Å². The fourth-order valence-corrected chi connectivity index (χ4v) is 6.04. The summed E-state index contributed by atoms with van der Waals surface area (Å²) >= 11 is 18.3. The molecule has 1 saturated carbocycles. The molecule has 1 unspecified atom stereocenters. The Morgan fingerprint density at radius 1 is 1.05 bits per heavy atom. The fraction of sp³-hybridized carbons (Fsp3) is 0.462. The SMILES string of the molecule is CCC(C(=O)NC1CCCCC1)N(Cc1ccc(Cl)cc1Cl)C(=O)CN(c1ccc(F)c(Cl)c1)S(C)(=O)=O. The molecule has 0 radical (unpaired) electrons. The van der Waals surface area contributed by atoms with Gasteiger partial charge in [-0.15, -0.1) is 0 Å². The van der Waals surface area contributed by atoms with Gasteiger partial charge in [-0.25, -0.2) is 12.8 Å². The standard InChI is InChI=1S/C26H31Cl3FN3O4S/c1-3-24(26(35)31-19-7-5-4-6-8-19)32(15-17-9-10-18(27)13-21(17)28)25(34)16-33(38(2,36)37)20-11-12-23(30)22(29)14-20/h9-14,19,24H,3-8,15-16H2,1-2H3,(H,31,35). The van der Waals surface area contributed by atoms with E-state index in [1.807, 2.05) is 0 Å². The molecule has 1 atom stereocenters. The van der Waals surface area contributed by atoms with E-state index in [-0.39, 0.29) is 35.6 Å². The van der Waals surface area contributed by atoms with E-state index in [4.69, 9.17) is 34.8 Å². The molecule has 3 rings (SSSR count). The summed E-state index contributed by atoms with van der Waals surface area (Å²) in [6, 6.07) is 7.35. The van der Waals surface area contributed by atoms with Crippen molar-refractivity contribution in [1.82, 2.24) is 10.2 Å². The third-order valence-corrected chi connectivity index (χ3v) is 8.58. The Balaban J connectivity index is 1.95. The van der Waals surface area contributed by atoms with E-state index in [2.05, 4.69) is 5.32 Å². The zero-order valence-electron chi connectivity index (χ0n) is 21.2. The molecule has 1 aliphatic rings. The molecular weight excluding hydrogens is 576 g/mol. The normalized spacial score (nSPS) is 15.1. The van der Waals surface area contributed by atoms with Crippen LogP contribution in [0.3, 0.4) is 0 Å². The van der Waals surface area contributed by atoms with E-state index in [9.17, 15) is 22.4 Å². The van der Waals surface area contributed by atoms with E-state index in [1.54, 1.807) is 19.1 Å². The molecule has 1 N–H and O–H groups in total. The zero-order valence-corrected chi connectivity index (χ0v) is 24.3. The molecule has 0 saturated heterocycles. The smallest absolute Gasteiger partial charge is 0.244 e. The molecule has 0 heterocycles. The van der Waals surface area contributed by atoms with Crippen LogP contribution in [0, 0.1) is 5.82 Å². The van der Waals surface area contributed by atoms with Crippen molar-refractivity contribution >= 4 is 62.3 Å². The van der Waals surface area contributed by atoms with Gasteiger partial charge in [-0.1, -0.05) is 67.1 Å². The number of nitrogens with zero attached hydrogens (tertiary/aromatic N) is 2. The zero-order chi connectivity index (χ0) is 28.0. The summed E-state index contributed by atoms with van der Waals surface area (Å²) < 4.78 is 39.9. The summed E-state index contributed by atoms with van der Waals surface area (Å²) in [5.74, 6) is -1.67. The highest BCUT2D eigenvalue weighted by Crippen LogP contribution is 2.27. The largest absolute Gasteiger partial charge is 0.352 e. The Kier molecular flexibility index (Phi) is 10.7. The summed E-state index contributed by atoms with van der Waals surface area (Å²) in [5.41, 5.74) is 0.570. The third-order valence-electron chi connectivity index (χ3n) is 6.56. The van der Waals surface area contributed by atoms with E-state index >= 15 is 0 Å². The summed E-state index contributed by atoms with van der Waals surface area (Å²) in [5, 5.41) is 3.50. The first-order valence-corrected chi connectivity index (χ1v) is 15.4. The Labute approximate surface area is 238 Å². The second-order valence-corrected chi connectivity index (χ2v) is 12.6. The number of sulfonamides is 1. The lowest BCUT2D eigenvalue weighted by molar-refractivity contribution is -0.140. The van der Waals surface area contributed by atoms with Crippen LogP contribution in [0.4, 0.5) is 10.1 Å². The van der Waals surface area contributed by atoms with Crippen LogP contribution < -0.4 is 9.62 Å². The monoisotopic (exact) mass is 605 g/mol. The quantitative estimate of drug-likeness (QED) is 0.370. The van der Waals surface area contributed by atoms with Crippen LogP contribution in [-0.4, -0.2) is 50.0 Å². The predicted octanol–water partition coefficient (Wildman–Crippen LogP) is 5.81. The van der Waals surface area contributed by atoms with Crippen LogP contribution in [0.1, 0.15) is 51.0 Å². The van der Waals surface area contributed by atoms with Gasteiger partial charge >= 0.3 is 0 Å². The van der Waals surface area contributed by atoms with Crippen LogP contribution in [-0.2, 0) is 26.2 Å². The molecule has 2 amide bonds.